The van der Waals surface area contributed by atoms with E-state index < -0.39 is 0 Å². The first-order valence-electron chi connectivity index (χ1n) is 12.7. The first kappa shape index (κ1) is 29.1. The molecule has 0 fully saturated rings. The Morgan fingerprint density at radius 2 is 0.854 bits per heavy atom. The molecule has 41 heavy (non-hydrogen) atoms. The summed E-state index contributed by atoms with van der Waals surface area (Å²) in [7, 11) is 12.8. The van der Waals surface area contributed by atoms with Crippen LogP contribution in [0.4, 0.5) is 0 Å². The lowest BCUT2D eigenvalue weighted by Gasteiger charge is -2.15. The van der Waals surface area contributed by atoms with Crippen LogP contribution < -0.4 is 28.4 Å². The molecule has 216 valence electrons. The molecule has 0 saturated carbocycles. The summed E-state index contributed by atoms with van der Waals surface area (Å²) >= 11 is 0. The first-order chi connectivity index (χ1) is 19.7. The summed E-state index contributed by atoms with van der Waals surface area (Å²) < 4.78 is 36.2. The van der Waals surface area contributed by atoms with Gasteiger partial charge < -0.3 is 37.6 Å². The summed E-state index contributed by atoms with van der Waals surface area (Å²) in [5, 5.41) is 0. The molecule has 0 atom stereocenters. The summed E-state index contributed by atoms with van der Waals surface area (Å²) in [6, 6.07) is 14.3. The Morgan fingerprint density at radius 1 is 0.537 bits per heavy atom. The van der Waals surface area contributed by atoms with Crippen LogP contribution in [-0.2, 0) is 14.1 Å². The number of rotatable bonds is 12. The van der Waals surface area contributed by atoms with Crippen molar-refractivity contribution in [2.24, 2.45) is 14.1 Å². The maximum atomic E-state index is 13.3. The van der Waals surface area contributed by atoms with Crippen LogP contribution in [0, 0.1) is 0 Å². The molecule has 2 heterocycles. The topological polar surface area (TPSA) is 99.4 Å². The van der Waals surface area contributed by atoms with Crippen molar-refractivity contribution in [2.75, 3.05) is 42.7 Å². The molecule has 0 radical (unpaired) electrons. The average Bonchev–Trinajstić information content (AvgIpc) is 3.57. The van der Waals surface area contributed by atoms with Crippen molar-refractivity contribution in [2.45, 2.75) is 6.42 Å². The first-order valence-corrected chi connectivity index (χ1v) is 12.7. The van der Waals surface area contributed by atoms with Crippen molar-refractivity contribution >= 4 is 11.6 Å². The van der Waals surface area contributed by atoms with Crippen molar-refractivity contribution in [3.63, 3.8) is 0 Å². The van der Waals surface area contributed by atoms with E-state index in [0.717, 1.165) is 22.5 Å². The molecule has 0 unspecified atom stereocenters. The number of nitrogens with zero attached hydrogens (tertiary/aromatic N) is 2. The average molecular weight is 563 g/mol. The minimum atomic E-state index is -0.299. The molecular weight excluding hydrogens is 528 g/mol. The third kappa shape index (κ3) is 5.32. The Hall–Kier alpha value is -4.86. The van der Waals surface area contributed by atoms with Gasteiger partial charge in [-0.15, -0.1) is 0 Å². The fraction of sp³-hybridized carbons (Fsp3) is 0.290. The van der Waals surface area contributed by atoms with Gasteiger partial charge in [0.25, 0.3) is 0 Å². The molecule has 0 aliphatic rings. The van der Waals surface area contributed by atoms with Crippen LogP contribution in [0.5, 0.6) is 34.5 Å². The van der Waals surface area contributed by atoms with Gasteiger partial charge in [-0.2, -0.15) is 0 Å². The highest BCUT2D eigenvalue weighted by Crippen LogP contribution is 2.42. The van der Waals surface area contributed by atoms with E-state index >= 15 is 0 Å². The van der Waals surface area contributed by atoms with Crippen LogP contribution >= 0.6 is 0 Å². The highest BCUT2D eigenvalue weighted by atomic mass is 16.5. The molecule has 0 bridgehead atoms. The smallest absolute Gasteiger partial charge is 0.203 e. The van der Waals surface area contributed by atoms with Crippen molar-refractivity contribution in [1.29, 1.82) is 0 Å². The lowest BCUT2D eigenvalue weighted by molar-refractivity contribution is 0.0885. The number of ether oxygens (including phenoxy) is 6. The molecule has 10 heteroatoms. The van der Waals surface area contributed by atoms with E-state index in [1.54, 1.807) is 63.8 Å². The van der Waals surface area contributed by atoms with Gasteiger partial charge in [-0.1, -0.05) is 0 Å². The SMILES string of the molecule is COc1cc(-c2ccc(C(=O)CC(=O)c3ccc(-c4cc(OC)c(OC)c(OC)c4)n3C)n2C)cc(OC)c1OC. The Balaban J connectivity index is 1.60. The van der Waals surface area contributed by atoms with Crippen molar-refractivity contribution in [1.82, 2.24) is 9.13 Å². The van der Waals surface area contributed by atoms with Crippen LogP contribution in [0.2, 0.25) is 0 Å². The molecule has 0 amide bonds. The lowest BCUT2D eigenvalue weighted by Crippen LogP contribution is -2.14. The number of carbonyl (C=O) groups excluding carboxylic acids is 2. The third-order valence-electron chi connectivity index (χ3n) is 7.06. The molecule has 2 aromatic heterocycles. The number of ketones is 2. The second-order valence-electron chi connectivity index (χ2n) is 9.18. The Kier molecular flexibility index (Phi) is 8.61. The number of hydrogen-bond acceptors (Lipinski definition) is 8. The van der Waals surface area contributed by atoms with Crippen LogP contribution in [0.15, 0.2) is 48.5 Å². The molecule has 0 aliphatic heterocycles. The quantitative estimate of drug-likeness (QED) is 0.172. The van der Waals surface area contributed by atoms with E-state index in [2.05, 4.69) is 0 Å². The predicted molar refractivity (Wildman–Crippen MR) is 154 cm³/mol. The van der Waals surface area contributed by atoms with Gasteiger partial charge in [-0.25, -0.2) is 0 Å². The van der Waals surface area contributed by atoms with E-state index in [0.29, 0.717) is 45.9 Å². The predicted octanol–water partition coefficient (Wildman–Crippen LogP) is 5.20. The number of aromatic nitrogens is 2. The van der Waals surface area contributed by atoms with Gasteiger partial charge >= 0.3 is 0 Å². The second kappa shape index (κ2) is 12.1. The number of hydrogen-bond donors (Lipinski definition) is 0. The molecular formula is C31H34N2O8. The molecule has 4 rings (SSSR count). The van der Waals surface area contributed by atoms with E-state index in [1.807, 2.05) is 36.4 Å². The monoisotopic (exact) mass is 562 g/mol. The minimum absolute atomic E-state index is 0.293. The summed E-state index contributed by atoms with van der Waals surface area (Å²) in [5.74, 6) is 2.34. The van der Waals surface area contributed by atoms with E-state index in [-0.39, 0.29) is 18.0 Å². The fourth-order valence-corrected chi connectivity index (χ4v) is 4.95. The van der Waals surface area contributed by atoms with Gasteiger partial charge in [0.05, 0.1) is 60.5 Å². The molecule has 0 aliphatic carbocycles. The van der Waals surface area contributed by atoms with E-state index in [4.69, 9.17) is 28.4 Å². The molecule has 0 spiro atoms. The number of Topliss-reactive ketones (excluding diaryl/α,β-unsaturated/α-hetero) is 2. The molecule has 2 aromatic carbocycles. The van der Waals surface area contributed by atoms with Gasteiger partial charge in [0.1, 0.15) is 0 Å². The molecule has 10 nitrogen and oxygen atoms in total. The summed E-state index contributed by atoms with van der Waals surface area (Å²) in [6.45, 7) is 0. The lowest BCUT2D eigenvalue weighted by atomic mass is 10.1. The summed E-state index contributed by atoms with van der Waals surface area (Å²) in [5.41, 5.74) is 3.85. The molecule has 4 aromatic rings. The zero-order chi connectivity index (χ0) is 29.8. The van der Waals surface area contributed by atoms with E-state index in [9.17, 15) is 9.59 Å². The Bertz CT molecular complexity index is 1430. The fourth-order valence-electron chi connectivity index (χ4n) is 4.95. The van der Waals surface area contributed by atoms with Crippen molar-refractivity contribution in [3.8, 4) is 57.0 Å². The van der Waals surface area contributed by atoms with Gasteiger partial charge in [0.15, 0.2) is 34.6 Å². The zero-order valence-corrected chi connectivity index (χ0v) is 24.5. The van der Waals surface area contributed by atoms with E-state index in [1.165, 1.54) is 14.2 Å². The number of carbonyl (C=O) groups is 2. The van der Waals surface area contributed by atoms with Crippen molar-refractivity contribution < 1.29 is 38.0 Å². The van der Waals surface area contributed by atoms with Crippen LogP contribution in [0.3, 0.4) is 0 Å². The van der Waals surface area contributed by atoms with Gasteiger partial charge in [-0.3, -0.25) is 9.59 Å². The third-order valence-corrected chi connectivity index (χ3v) is 7.06. The van der Waals surface area contributed by atoms with Gasteiger partial charge in [-0.05, 0) is 48.5 Å². The number of benzene rings is 2. The summed E-state index contributed by atoms with van der Waals surface area (Å²) in [6.07, 6.45) is -0.293. The largest absolute Gasteiger partial charge is 0.493 e. The number of methoxy groups -OCH3 is 6. The minimum Gasteiger partial charge on any atom is -0.493 e. The van der Waals surface area contributed by atoms with Crippen LogP contribution in [0.25, 0.3) is 22.5 Å². The Labute approximate surface area is 238 Å². The maximum absolute atomic E-state index is 13.3. The molecule has 0 N–H and O–H groups in total. The normalized spacial score (nSPS) is 10.7. The van der Waals surface area contributed by atoms with Crippen LogP contribution in [-0.4, -0.2) is 63.4 Å². The maximum Gasteiger partial charge on any atom is 0.203 e. The zero-order valence-electron chi connectivity index (χ0n) is 24.5. The standard InChI is InChI=1S/C31H34N2O8/c1-32-20(18-13-26(36-3)30(40-7)27(14-18)37-4)9-11-22(32)24(34)17-25(35)23-12-10-21(33(23)2)19-15-28(38-5)31(41-8)29(16-19)39-6/h9-16H,17H2,1-8H3. The van der Waals surface area contributed by atoms with Gasteiger partial charge in [0, 0.05) is 36.6 Å². The van der Waals surface area contributed by atoms with Crippen LogP contribution in [0.1, 0.15) is 27.4 Å². The highest BCUT2D eigenvalue weighted by Gasteiger charge is 2.23. The second-order valence-corrected chi connectivity index (χ2v) is 9.18. The van der Waals surface area contributed by atoms with Gasteiger partial charge in [0.2, 0.25) is 11.5 Å². The Morgan fingerprint density at radius 3 is 1.12 bits per heavy atom. The summed E-state index contributed by atoms with van der Waals surface area (Å²) in [4.78, 5) is 26.6. The van der Waals surface area contributed by atoms with Crippen molar-refractivity contribution in [3.05, 3.63) is 59.9 Å². The molecule has 0 saturated heterocycles. The highest BCUT2D eigenvalue weighted by molar-refractivity contribution is 6.13.